The highest BCUT2D eigenvalue weighted by Crippen LogP contribution is 2.50. The van der Waals surface area contributed by atoms with Crippen molar-refractivity contribution in [2.24, 2.45) is 5.41 Å². The molecule has 1 saturated heterocycles. The maximum absolute atomic E-state index is 13.8. The van der Waals surface area contributed by atoms with E-state index in [0.717, 1.165) is 24.0 Å². The van der Waals surface area contributed by atoms with Gasteiger partial charge in [0.2, 0.25) is 0 Å². The number of hydrogen-bond acceptors (Lipinski definition) is 5. The minimum atomic E-state index is -3.95. The zero-order valence-corrected chi connectivity index (χ0v) is 19.2. The van der Waals surface area contributed by atoms with Crippen LogP contribution in [-0.2, 0) is 26.0 Å². The Kier molecular flexibility index (Phi) is 5.95. The third kappa shape index (κ3) is 3.75. The van der Waals surface area contributed by atoms with Gasteiger partial charge in [0.25, 0.3) is 10.0 Å². The second-order valence-corrected chi connectivity index (χ2v) is 10.2. The molecule has 2 aromatic rings. The van der Waals surface area contributed by atoms with E-state index in [9.17, 15) is 18.0 Å². The number of sulfonamides is 1. The number of fused-ring (bicyclic) bond motifs is 1. The van der Waals surface area contributed by atoms with Crippen molar-refractivity contribution in [3.05, 3.63) is 77.0 Å². The Bertz CT molecular complexity index is 1180. The van der Waals surface area contributed by atoms with Crippen molar-refractivity contribution >= 4 is 21.8 Å². The van der Waals surface area contributed by atoms with Gasteiger partial charge in [-0.15, -0.1) is 0 Å². The van der Waals surface area contributed by atoms with E-state index in [0.29, 0.717) is 18.4 Å². The topological polar surface area (TPSA) is 80.8 Å². The van der Waals surface area contributed by atoms with Crippen LogP contribution in [0.5, 0.6) is 0 Å². The Morgan fingerprint density at radius 3 is 2.56 bits per heavy atom. The molecule has 1 spiro atoms. The van der Waals surface area contributed by atoms with Crippen LogP contribution >= 0.6 is 0 Å². The summed E-state index contributed by atoms with van der Waals surface area (Å²) in [6.07, 6.45) is 3.48. The highest BCUT2D eigenvalue weighted by atomic mass is 32.2. The monoisotopic (exact) mass is 453 g/mol. The van der Waals surface area contributed by atoms with Crippen LogP contribution in [0.3, 0.4) is 0 Å². The van der Waals surface area contributed by atoms with Gasteiger partial charge in [-0.3, -0.25) is 9.10 Å². The fraction of sp³-hybridized carbons (Fsp3) is 0.360. The number of ether oxygens (including phenoxy) is 1. The Morgan fingerprint density at radius 2 is 1.84 bits per heavy atom. The molecule has 1 atom stereocenters. The van der Waals surface area contributed by atoms with E-state index in [-0.39, 0.29) is 29.5 Å². The molecule has 2 aromatic carbocycles. The van der Waals surface area contributed by atoms with E-state index in [2.05, 4.69) is 0 Å². The second-order valence-electron chi connectivity index (χ2n) is 8.34. The van der Waals surface area contributed by atoms with Crippen LogP contribution in [0.15, 0.2) is 65.2 Å². The van der Waals surface area contributed by atoms with Gasteiger partial charge in [-0.05, 0) is 57.2 Å². The predicted molar refractivity (Wildman–Crippen MR) is 121 cm³/mol. The number of rotatable bonds is 4. The number of allylic oxidation sites excluding steroid dienone is 1. The van der Waals surface area contributed by atoms with Crippen molar-refractivity contribution in [2.45, 2.75) is 44.4 Å². The normalized spacial score (nSPS) is 22.1. The number of esters is 1. The molecule has 0 saturated carbocycles. The third-order valence-electron chi connectivity index (χ3n) is 6.40. The van der Waals surface area contributed by atoms with Crippen LogP contribution in [0.25, 0.3) is 0 Å². The summed E-state index contributed by atoms with van der Waals surface area (Å²) in [6, 6.07) is 14.0. The summed E-state index contributed by atoms with van der Waals surface area (Å²) in [7, 11) is -3.95. The number of aryl methyl sites for hydroxylation is 2. The fourth-order valence-electron chi connectivity index (χ4n) is 4.77. The molecule has 0 bridgehead atoms. The Morgan fingerprint density at radius 1 is 1.12 bits per heavy atom. The summed E-state index contributed by atoms with van der Waals surface area (Å²) >= 11 is 0. The lowest BCUT2D eigenvalue weighted by molar-refractivity contribution is -0.137. The van der Waals surface area contributed by atoms with Gasteiger partial charge in [0.05, 0.1) is 22.6 Å². The van der Waals surface area contributed by atoms with Crippen LogP contribution in [0, 0.1) is 12.3 Å². The van der Waals surface area contributed by atoms with E-state index < -0.39 is 21.4 Å². The van der Waals surface area contributed by atoms with Crippen molar-refractivity contribution in [1.82, 2.24) is 4.31 Å². The van der Waals surface area contributed by atoms with Crippen molar-refractivity contribution < 1.29 is 22.7 Å². The standard InChI is InChI=1S/C25H27NO5S/c1-3-31-23(27)17-22-25(14-6-8-19-7-4-5-9-21(19)24(25)28)15-16-26(22)32(29,30)20-12-10-18(2)11-13-20/h4-5,7,9-13,17H,3,6,8,14-16H2,1-2H3/b22-17-. The molecule has 1 aliphatic heterocycles. The van der Waals surface area contributed by atoms with Gasteiger partial charge in [0.1, 0.15) is 0 Å². The average molecular weight is 454 g/mol. The van der Waals surface area contributed by atoms with Gasteiger partial charge in [0.15, 0.2) is 5.78 Å². The molecular weight excluding hydrogens is 426 g/mol. The first kappa shape index (κ1) is 22.3. The summed E-state index contributed by atoms with van der Waals surface area (Å²) < 4.78 is 33.5. The van der Waals surface area contributed by atoms with Gasteiger partial charge in [0, 0.05) is 18.2 Å². The van der Waals surface area contributed by atoms with Crippen LogP contribution < -0.4 is 0 Å². The van der Waals surface area contributed by atoms with E-state index in [1.807, 2.05) is 25.1 Å². The predicted octanol–water partition coefficient (Wildman–Crippen LogP) is 4.04. The molecule has 4 rings (SSSR count). The number of nitrogens with zero attached hydrogens (tertiary/aromatic N) is 1. The molecule has 32 heavy (non-hydrogen) atoms. The van der Waals surface area contributed by atoms with Gasteiger partial charge in [-0.1, -0.05) is 42.0 Å². The largest absolute Gasteiger partial charge is 0.463 e. The lowest BCUT2D eigenvalue weighted by Gasteiger charge is -2.30. The number of Topliss-reactive ketones (excluding diaryl/α,β-unsaturated/α-hetero) is 1. The molecule has 1 aliphatic carbocycles. The highest BCUT2D eigenvalue weighted by molar-refractivity contribution is 7.89. The quantitative estimate of drug-likeness (QED) is 0.516. The molecule has 0 radical (unpaired) electrons. The first-order chi connectivity index (χ1) is 15.3. The van der Waals surface area contributed by atoms with Crippen LogP contribution in [0.1, 0.15) is 47.7 Å². The van der Waals surface area contributed by atoms with E-state index in [1.165, 1.54) is 10.4 Å². The van der Waals surface area contributed by atoms with Gasteiger partial charge < -0.3 is 4.74 Å². The minimum Gasteiger partial charge on any atom is -0.463 e. The highest BCUT2D eigenvalue weighted by Gasteiger charge is 2.53. The summed E-state index contributed by atoms with van der Waals surface area (Å²) in [5, 5.41) is 0. The minimum absolute atomic E-state index is 0.122. The smallest absolute Gasteiger partial charge is 0.332 e. The van der Waals surface area contributed by atoms with Crippen molar-refractivity contribution in [1.29, 1.82) is 0 Å². The van der Waals surface area contributed by atoms with E-state index in [1.54, 1.807) is 37.3 Å². The average Bonchev–Trinajstić information content (AvgIpc) is 3.06. The van der Waals surface area contributed by atoms with Crippen LogP contribution in [-0.4, -0.2) is 37.6 Å². The van der Waals surface area contributed by atoms with Crippen molar-refractivity contribution in [3.63, 3.8) is 0 Å². The molecule has 1 unspecified atom stereocenters. The van der Waals surface area contributed by atoms with E-state index >= 15 is 0 Å². The maximum Gasteiger partial charge on any atom is 0.332 e. The molecule has 1 fully saturated rings. The second kappa shape index (κ2) is 8.54. The van der Waals surface area contributed by atoms with Gasteiger partial charge in [-0.2, -0.15) is 0 Å². The lowest BCUT2D eigenvalue weighted by Crippen LogP contribution is -2.35. The number of ketones is 1. The Labute approximate surface area is 188 Å². The van der Waals surface area contributed by atoms with Crippen molar-refractivity contribution in [2.75, 3.05) is 13.2 Å². The molecule has 0 aromatic heterocycles. The molecule has 168 valence electrons. The Balaban J connectivity index is 1.85. The number of benzene rings is 2. The zero-order valence-electron chi connectivity index (χ0n) is 18.3. The van der Waals surface area contributed by atoms with Crippen LogP contribution in [0.4, 0.5) is 0 Å². The summed E-state index contributed by atoms with van der Waals surface area (Å²) in [4.78, 5) is 26.5. The third-order valence-corrected chi connectivity index (χ3v) is 8.22. The molecular formula is C25H27NO5S. The van der Waals surface area contributed by atoms with Crippen molar-refractivity contribution in [3.8, 4) is 0 Å². The molecule has 0 amide bonds. The molecule has 1 heterocycles. The molecule has 7 heteroatoms. The van der Waals surface area contributed by atoms with Crippen LogP contribution in [0.2, 0.25) is 0 Å². The molecule has 0 N–H and O–H groups in total. The number of hydrogen-bond donors (Lipinski definition) is 0. The summed E-state index contributed by atoms with van der Waals surface area (Å²) in [5.74, 6) is -0.763. The van der Waals surface area contributed by atoms with E-state index in [4.69, 9.17) is 4.74 Å². The first-order valence-electron chi connectivity index (χ1n) is 10.9. The SMILES string of the molecule is CCOC(=O)/C=C1\N(S(=O)(=O)c2ccc(C)cc2)CCC12CCCc1ccccc1C2=O. The van der Waals surface area contributed by atoms with Gasteiger partial charge >= 0.3 is 5.97 Å². The van der Waals surface area contributed by atoms with Gasteiger partial charge in [-0.25, -0.2) is 13.2 Å². The molecule has 2 aliphatic rings. The lowest BCUT2D eigenvalue weighted by atomic mass is 9.74. The maximum atomic E-state index is 13.8. The Hall–Kier alpha value is -2.93. The number of carbonyl (C=O) groups is 2. The zero-order chi connectivity index (χ0) is 22.9. The summed E-state index contributed by atoms with van der Waals surface area (Å²) in [6.45, 7) is 3.87. The number of carbonyl (C=O) groups excluding carboxylic acids is 2. The molecule has 6 nitrogen and oxygen atoms in total. The first-order valence-corrected chi connectivity index (χ1v) is 12.3. The summed E-state index contributed by atoms with van der Waals surface area (Å²) in [5.41, 5.74) is 1.66. The fourth-order valence-corrected chi connectivity index (χ4v) is 6.32.